The molecule has 0 aliphatic heterocycles. The van der Waals surface area contributed by atoms with Crippen molar-refractivity contribution in [3.05, 3.63) is 21.9 Å². The largest absolute Gasteiger partial charge is 0.395 e. The Morgan fingerprint density at radius 2 is 2.25 bits per heavy atom. The van der Waals surface area contributed by atoms with E-state index >= 15 is 0 Å². The summed E-state index contributed by atoms with van der Waals surface area (Å²) in [7, 11) is -2.13. The molecule has 0 fully saturated rings. The van der Waals surface area contributed by atoms with Crippen molar-refractivity contribution in [2.45, 2.75) is 25.1 Å². The molecular weight excluding hydrogens is 296 g/mol. The van der Waals surface area contributed by atoms with Gasteiger partial charge in [-0.1, -0.05) is 11.8 Å². The van der Waals surface area contributed by atoms with Crippen molar-refractivity contribution in [1.29, 1.82) is 5.26 Å². The van der Waals surface area contributed by atoms with Crippen LogP contribution in [0.5, 0.6) is 0 Å². The number of aliphatic hydroxyl groups excluding tert-OH is 1. The lowest BCUT2D eigenvalue weighted by Crippen LogP contribution is -2.33. The summed E-state index contributed by atoms with van der Waals surface area (Å²) in [5, 5.41) is 18.1. The normalized spacial score (nSPS) is 12.6. The van der Waals surface area contributed by atoms with Gasteiger partial charge in [0.05, 0.1) is 17.6 Å². The van der Waals surface area contributed by atoms with Gasteiger partial charge >= 0.3 is 0 Å². The molecule has 1 unspecified atom stereocenters. The fourth-order valence-electron chi connectivity index (χ4n) is 1.41. The Bertz CT molecular complexity index is 647. The molecule has 0 bridgehead atoms. The standard InChI is InChI=1S/C13H16N2O3S2/c1-11(8-14)20(17,18)15(2)9-12-7-13(19-10-12)5-3-4-6-16/h7,10-11,16H,4,6,9H2,1-2H3. The maximum Gasteiger partial charge on any atom is 0.230 e. The van der Waals surface area contributed by atoms with Gasteiger partial charge in [-0.2, -0.15) is 9.57 Å². The van der Waals surface area contributed by atoms with Gasteiger partial charge in [0.1, 0.15) is 0 Å². The number of nitrogens with zero attached hydrogens (tertiary/aromatic N) is 2. The Balaban J connectivity index is 2.76. The molecule has 108 valence electrons. The molecule has 5 nitrogen and oxygen atoms in total. The molecule has 0 saturated heterocycles. The van der Waals surface area contributed by atoms with E-state index in [1.807, 2.05) is 11.4 Å². The smallest absolute Gasteiger partial charge is 0.230 e. The lowest BCUT2D eigenvalue weighted by molar-refractivity contribution is 0.305. The van der Waals surface area contributed by atoms with Crippen molar-refractivity contribution in [3.63, 3.8) is 0 Å². The number of rotatable bonds is 5. The molecule has 0 spiro atoms. The second kappa shape index (κ2) is 7.41. The van der Waals surface area contributed by atoms with Crippen LogP contribution in [0.25, 0.3) is 0 Å². The number of nitriles is 1. The van der Waals surface area contributed by atoms with E-state index in [-0.39, 0.29) is 13.2 Å². The van der Waals surface area contributed by atoms with Crippen LogP contribution in [0.4, 0.5) is 0 Å². The molecule has 1 N–H and O–H groups in total. The van der Waals surface area contributed by atoms with E-state index in [1.165, 1.54) is 29.6 Å². The Morgan fingerprint density at radius 3 is 2.85 bits per heavy atom. The quantitative estimate of drug-likeness (QED) is 0.827. The van der Waals surface area contributed by atoms with Crippen LogP contribution in [0.15, 0.2) is 11.4 Å². The SMILES string of the molecule is CC(C#N)S(=O)(=O)N(C)Cc1csc(C#CCCO)c1. The monoisotopic (exact) mass is 312 g/mol. The predicted octanol–water partition coefficient (Wildman–Crippen LogP) is 1.16. The van der Waals surface area contributed by atoms with Crippen LogP contribution < -0.4 is 0 Å². The first-order valence-electron chi connectivity index (χ1n) is 5.93. The van der Waals surface area contributed by atoms with Gasteiger partial charge in [0.2, 0.25) is 10.0 Å². The van der Waals surface area contributed by atoms with E-state index < -0.39 is 15.3 Å². The number of sulfonamides is 1. The van der Waals surface area contributed by atoms with E-state index in [0.717, 1.165) is 10.4 Å². The molecule has 1 aromatic heterocycles. The second-order valence-corrected chi connectivity index (χ2v) is 7.44. The minimum atomic E-state index is -3.59. The van der Waals surface area contributed by atoms with E-state index in [1.54, 1.807) is 6.07 Å². The summed E-state index contributed by atoms with van der Waals surface area (Å²) in [6.07, 6.45) is 0.418. The first kappa shape index (κ1) is 16.7. The third-order valence-corrected chi connectivity index (χ3v) is 5.46. The van der Waals surface area contributed by atoms with Gasteiger partial charge in [-0.15, -0.1) is 11.3 Å². The van der Waals surface area contributed by atoms with Crippen LogP contribution in [0.1, 0.15) is 23.8 Å². The van der Waals surface area contributed by atoms with Crippen molar-refractivity contribution in [2.75, 3.05) is 13.7 Å². The maximum atomic E-state index is 11.9. The van der Waals surface area contributed by atoms with Crippen LogP contribution >= 0.6 is 11.3 Å². The van der Waals surface area contributed by atoms with Crippen LogP contribution in [0.3, 0.4) is 0 Å². The molecule has 1 rings (SSSR count). The zero-order chi connectivity index (χ0) is 15.2. The van der Waals surface area contributed by atoms with Gasteiger partial charge < -0.3 is 5.11 Å². The first-order valence-corrected chi connectivity index (χ1v) is 8.32. The van der Waals surface area contributed by atoms with Crippen LogP contribution in [-0.4, -0.2) is 36.7 Å². The fourth-order valence-corrected chi connectivity index (χ4v) is 3.19. The van der Waals surface area contributed by atoms with Gasteiger partial charge in [-0.3, -0.25) is 0 Å². The van der Waals surface area contributed by atoms with Crippen molar-refractivity contribution in [1.82, 2.24) is 4.31 Å². The van der Waals surface area contributed by atoms with E-state index in [0.29, 0.717) is 6.42 Å². The highest BCUT2D eigenvalue weighted by molar-refractivity contribution is 7.89. The zero-order valence-corrected chi connectivity index (χ0v) is 13.0. The Labute approximate surface area is 123 Å². The van der Waals surface area contributed by atoms with Gasteiger partial charge in [-0.25, -0.2) is 8.42 Å². The lowest BCUT2D eigenvalue weighted by Gasteiger charge is -2.17. The third kappa shape index (κ3) is 4.32. The maximum absolute atomic E-state index is 11.9. The average Bonchev–Trinajstić information content (AvgIpc) is 2.85. The summed E-state index contributed by atoms with van der Waals surface area (Å²) in [4.78, 5) is 0.826. The predicted molar refractivity (Wildman–Crippen MR) is 78.4 cm³/mol. The highest BCUT2D eigenvalue weighted by Gasteiger charge is 2.25. The highest BCUT2D eigenvalue weighted by Crippen LogP contribution is 2.17. The summed E-state index contributed by atoms with van der Waals surface area (Å²) in [6, 6.07) is 3.56. The molecule has 20 heavy (non-hydrogen) atoms. The Kier molecular flexibility index (Phi) is 6.18. The van der Waals surface area contributed by atoms with Gasteiger partial charge in [0.25, 0.3) is 0 Å². The molecule has 1 atom stereocenters. The molecule has 7 heteroatoms. The number of hydrogen-bond donors (Lipinski definition) is 1. The topological polar surface area (TPSA) is 81.4 Å². The molecule has 1 heterocycles. The van der Waals surface area contributed by atoms with Gasteiger partial charge in [0.15, 0.2) is 5.25 Å². The number of aliphatic hydroxyl groups is 1. The molecule has 0 aromatic carbocycles. The molecule has 0 radical (unpaired) electrons. The second-order valence-electron chi connectivity index (χ2n) is 4.17. The molecule has 0 aliphatic carbocycles. The van der Waals surface area contributed by atoms with Gasteiger partial charge in [0, 0.05) is 20.0 Å². The van der Waals surface area contributed by atoms with Gasteiger partial charge in [-0.05, 0) is 23.9 Å². The molecule has 0 amide bonds. The van der Waals surface area contributed by atoms with Crippen LogP contribution in [0, 0.1) is 23.2 Å². The minimum Gasteiger partial charge on any atom is -0.395 e. The van der Waals surface area contributed by atoms with Crippen LogP contribution in [-0.2, 0) is 16.6 Å². The number of thiophene rings is 1. The number of hydrogen-bond acceptors (Lipinski definition) is 5. The molecular formula is C13H16N2O3S2. The average molecular weight is 312 g/mol. The minimum absolute atomic E-state index is 0.0261. The van der Waals surface area contributed by atoms with Crippen molar-refractivity contribution >= 4 is 21.4 Å². The zero-order valence-electron chi connectivity index (χ0n) is 11.3. The molecule has 0 saturated carbocycles. The van der Waals surface area contributed by atoms with Crippen molar-refractivity contribution in [3.8, 4) is 17.9 Å². The Hall–Kier alpha value is -1.38. The Morgan fingerprint density at radius 1 is 1.55 bits per heavy atom. The van der Waals surface area contributed by atoms with Crippen molar-refractivity contribution in [2.24, 2.45) is 0 Å². The van der Waals surface area contributed by atoms with E-state index in [4.69, 9.17) is 10.4 Å². The summed E-state index contributed by atoms with van der Waals surface area (Å²) >= 11 is 1.43. The summed E-state index contributed by atoms with van der Waals surface area (Å²) in [6.45, 7) is 1.61. The van der Waals surface area contributed by atoms with E-state index in [9.17, 15) is 8.42 Å². The summed E-state index contributed by atoms with van der Waals surface area (Å²) in [5.74, 6) is 5.71. The summed E-state index contributed by atoms with van der Waals surface area (Å²) in [5.41, 5.74) is 0.833. The molecule has 1 aromatic rings. The lowest BCUT2D eigenvalue weighted by atomic mass is 10.3. The summed E-state index contributed by atoms with van der Waals surface area (Å²) < 4.78 is 25.0. The van der Waals surface area contributed by atoms with Crippen molar-refractivity contribution < 1.29 is 13.5 Å². The first-order chi connectivity index (χ1) is 9.41. The third-order valence-electron chi connectivity index (χ3n) is 2.57. The molecule has 0 aliphatic rings. The highest BCUT2D eigenvalue weighted by atomic mass is 32.2. The van der Waals surface area contributed by atoms with E-state index in [2.05, 4.69) is 11.8 Å². The fraction of sp³-hybridized carbons (Fsp3) is 0.462. The van der Waals surface area contributed by atoms with Crippen LogP contribution in [0.2, 0.25) is 0 Å².